The number of ether oxygens (including phenoxy) is 2. The molecule has 2 aromatic rings. The Labute approximate surface area is 150 Å². The van der Waals surface area contributed by atoms with Crippen LogP contribution < -0.4 is 14.8 Å². The van der Waals surface area contributed by atoms with E-state index in [9.17, 15) is 4.79 Å². The van der Waals surface area contributed by atoms with Crippen molar-refractivity contribution in [3.63, 3.8) is 0 Å². The molecule has 4 nitrogen and oxygen atoms in total. The van der Waals surface area contributed by atoms with E-state index in [1.165, 1.54) is 0 Å². The van der Waals surface area contributed by atoms with Gasteiger partial charge in [-0.1, -0.05) is 24.3 Å². The lowest BCUT2D eigenvalue weighted by atomic mass is 10.1. The number of rotatable bonds is 7. The van der Waals surface area contributed by atoms with Crippen LogP contribution in [0.15, 0.2) is 36.4 Å². The van der Waals surface area contributed by atoms with E-state index in [4.69, 9.17) is 9.47 Å². The van der Waals surface area contributed by atoms with Gasteiger partial charge in [0.15, 0.2) is 6.10 Å². The standard InChI is InChI=1S/C21H27NO3/c1-6-24-19-10-8-7-9-18(19)13-22-21(23)17(5)25-20-12-14(2)11-15(3)16(20)4/h7-12,17H,6,13H2,1-5H3,(H,22,23). The summed E-state index contributed by atoms with van der Waals surface area (Å²) in [5, 5.41) is 2.92. The molecule has 0 fully saturated rings. The minimum Gasteiger partial charge on any atom is -0.494 e. The van der Waals surface area contributed by atoms with Gasteiger partial charge in [0.05, 0.1) is 6.61 Å². The molecular formula is C21H27NO3. The fourth-order valence-corrected chi connectivity index (χ4v) is 2.64. The van der Waals surface area contributed by atoms with Crippen molar-refractivity contribution in [1.29, 1.82) is 0 Å². The number of para-hydroxylation sites is 1. The second-order valence-corrected chi connectivity index (χ2v) is 6.22. The summed E-state index contributed by atoms with van der Waals surface area (Å²) in [6, 6.07) is 11.8. The van der Waals surface area contributed by atoms with Crippen LogP contribution in [0.1, 0.15) is 36.1 Å². The largest absolute Gasteiger partial charge is 0.494 e. The molecule has 25 heavy (non-hydrogen) atoms. The van der Waals surface area contributed by atoms with Crippen molar-refractivity contribution in [2.24, 2.45) is 0 Å². The van der Waals surface area contributed by atoms with Crippen LogP contribution >= 0.6 is 0 Å². The molecule has 0 aliphatic carbocycles. The molecule has 2 rings (SSSR count). The van der Waals surface area contributed by atoms with Crippen LogP contribution in [0.2, 0.25) is 0 Å². The van der Waals surface area contributed by atoms with Gasteiger partial charge < -0.3 is 14.8 Å². The normalized spacial score (nSPS) is 11.7. The molecular weight excluding hydrogens is 314 g/mol. The summed E-state index contributed by atoms with van der Waals surface area (Å²) >= 11 is 0. The Balaban J connectivity index is 2.00. The summed E-state index contributed by atoms with van der Waals surface area (Å²) in [6.45, 7) is 10.8. The second-order valence-electron chi connectivity index (χ2n) is 6.22. The highest BCUT2D eigenvalue weighted by Gasteiger charge is 2.17. The molecule has 1 unspecified atom stereocenters. The molecule has 134 valence electrons. The van der Waals surface area contributed by atoms with Crippen molar-refractivity contribution < 1.29 is 14.3 Å². The maximum atomic E-state index is 12.4. The van der Waals surface area contributed by atoms with Crippen LogP contribution in [0, 0.1) is 20.8 Å². The predicted octanol–water partition coefficient (Wildman–Crippen LogP) is 4.09. The van der Waals surface area contributed by atoms with E-state index in [0.717, 1.165) is 33.8 Å². The van der Waals surface area contributed by atoms with Gasteiger partial charge in [-0.15, -0.1) is 0 Å². The summed E-state index contributed by atoms with van der Waals surface area (Å²) < 4.78 is 11.5. The Morgan fingerprint density at radius 2 is 1.84 bits per heavy atom. The fourth-order valence-electron chi connectivity index (χ4n) is 2.64. The maximum Gasteiger partial charge on any atom is 0.261 e. The summed E-state index contributed by atoms with van der Waals surface area (Å²) in [4.78, 5) is 12.4. The van der Waals surface area contributed by atoms with E-state index in [1.54, 1.807) is 6.92 Å². The van der Waals surface area contributed by atoms with Gasteiger partial charge >= 0.3 is 0 Å². The van der Waals surface area contributed by atoms with Gasteiger partial charge in [-0.2, -0.15) is 0 Å². The fraction of sp³-hybridized carbons (Fsp3) is 0.381. The van der Waals surface area contributed by atoms with Gasteiger partial charge in [0.2, 0.25) is 0 Å². The summed E-state index contributed by atoms with van der Waals surface area (Å²) in [5.74, 6) is 1.41. The van der Waals surface area contributed by atoms with Crippen LogP contribution in [0.25, 0.3) is 0 Å². The minimum atomic E-state index is -0.570. The lowest BCUT2D eigenvalue weighted by Crippen LogP contribution is -2.36. The first kappa shape index (κ1) is 18.8. The molecule has 0 saturated heterocycles. The van der Waals surface area contributed by atoms with E-state index in [0.29, 0.717) is 13.2 Å². The monoisotopic (exact) mass is 341 g/mol. The van der Waals surface area contributed by atoms with Gasteiger partial charge in [-0.05, 0) is 63.4 Å². The molecule has 1 N–H and O–H groups in total. The average molecular weight is 341 g/mol. The number of carbonyl (C=O) groups is 1. The first-order valence-corrected chi connectivity index (χ1v) is 8.65. The number of carbonyl (C=O) groups excluding carboxylic acids is 1. The van der Waals surface area contributed by atoms with Gasteiger partial charge in [0, 0.05) is 12.1 Å². The van der Waals surface area contributed by atoms with Gasteiger partial charge in [-0.25, -0.2) is 0 Å². The van der Waals surface area contributed by atoms with E-state index in [2.05, 4.69) is 11.4 Å². The molecule has 0 heterocycles. The van der Waals surface area contributed by atoms with Gasteiger partial charge in [-0.3, -0.25) is 4.79 Å². The Bertz CT molecular complexity index is 740. The first-order valence-electron chi connectivity index (χ1n) is 8.65. The number of hydrogen-bond acceptors (Lipinski definition) is 3. The molecule has 1 atom stereocenters. The lowest BCUT2D eigenvalue weighted by molar-refractivity contribution is -0.127. The van der Waals surface area contributed by atoms with E-state index < -0.39 is 6.10 Å². The summed E-state index contributed by atoms with van der Waals surface area (Å²) in [7, 11) is 0. The molecule has 0 spiro atoms. The Kier molecular flexibility index (Phi) is 6.45. The van der Waals surface area contributed by atoms with E-state index in [1.807, 2.05) is 58.0 Å². The van der Waals surface area contributed by atoms with Crippen molar-refractivity contribution in [2.75, 3.05) is 6.61 Å². The third-order valence-electron chi connectivity index (χ3n) is 4.16. The van der Waals surface area contributed by atoms with Crippen molar-refractivity contribution in [3.8, 4) is 11.5 Å². The van der Waals surface area contributed by atoms with E-state index in [-0.39, 0.29) is 5.91 Å². The zero-order chi connectivity index (χ0) is 18.4. The van der Waals surface area contributed by atoms with Crippen LogP contribution in [0.3, 0.4) is 0 Å². The highest BCUT2D eigenvalue weighted by molar-refractivity contribution is 5.80. The third kappa shape index (κ3) is 4.99. The molecule has 2 aromatic carbocycles. The zero-order valence-electron chi connectivity index (χ0n) is 15.7. The molecule has 0 radical (unpaired) electrons. The van der Waals surface area contributed by atoms with Crippen LogP contribution in [-0.4, -0.2) is 18.6 Å². The summed E-state index contributed by atoms with van der Waals surface area (Å²) in [6.07, 6.45) is -0.570. The number of benzene rings is 2. The lowest BCUT2D eigenvalue weighted by Gasteiger charge is -2.18. The number of amides is 1. The first-order chi connectivity index (χ1) is 11.9. The van der Waals surface area contributed by atoms with Crippen LogP contribution in [0.5, 0.6) is 11.5 Å². The smallest absolute Gasteiger partial charge is 0.261 e. The van der Waals surface area contributed by atoms with Crippen molar-refractivity contribution >= 4 is 5.91 Å². The number of aryl methyl sites for hydroxylation is 2. The number of hydrogen-bond donors (Lipinski definition) is 1. The highest BCUT2D eigenvalue weighted by Crippen LogP contribution is 2.24. The van der Waals surface area contributed by atoms with Gasteiger partial charge in [0.25, 0.3) is 5.91 Å². The van der Waals surface area contributed by atoms with E-state index >= 15 is 0 Å². The second kappa shape index (κ2) is 8.56. The predicted molar refractivity (Wildman–Crippen MR) is 100 cm³/mol. The highest BCUT2D eigenvalue weighted by atomic mass is 16.5. The van der Waals surface area contributed by atoms with Crippen molar-refractivity contribution in [2.45, 2.75) is 47.3 Å². The van der Waals surface area contributed by atoms with Gasteiger partial charge in [0.1, 0.15) is 11.5 Å². The SMILES string of the molecule is CCOc1ccccc1CNC(=O)C(C)Oc1cc(C)cc(C)c1C. The molecule has 1 amide bonds. The van der Waals surface area contributed by atoms with Crippen molar-refractivity contribution in [3.05, 3.63) is 58.7 Å². The van der Waals surface area contributed by atoms with Crippen molar-refractivity contribution in [1.82, 2.24) is 5.32 Å². The Morgan fingerprint density at radius 3 is 2.56 bits per heavy atom. The summed E-state index contributed by atoms with van der Waals surface area (Å²) in [5.41, 5.74) is 4.30. The minimum absolute atomic E-state index is 0.148. The molecule has 0 saturated carbocycles. The van der Waals surface area contributed by atoms with Crippen LogP contribution in [-0.2, 0) is 11.3 Å². The molecule has 0 bridgehead atoms. The molecule has 4 heteroatoms. The molecule has 0 aliphatic rings. The number of nitrogens with one attached hydrogen (secondary N) is 1. The Morgan fingerprint density at radius 1 is 1.12 bits per heavy atom. The van der Waals surface area contributed by atoms with Crippen LogP contribution in [0.4, 0.5) is 0 Å². The Hall–Kier alpha value is -2.49. The maximum absolute atomic E-state index is 12.4. The topological polar surface area (TPSA) is 47.6 Å². The molecule has 0 aliphatic heterocycles. The molecule has 0 aromatic heterocycles. The third-order valence-corrected chi connectivity index (χ3v) is 4.16. The average Bonchev–Trinajstić information content (AvgIpc) is 2.58. The zero-order valence-corrected chi connectivity index (χ0v) is 15.7. The quantitative estimate of drug-likeness (QED) is 0.825.